The predicted molar refractivity (Wildman–Crippen MR) is 117 cm³/mol. The number of anilines is 1. The lowest BCUT2D eigenvalue weighted by Gasteiger charge is -2.36. The molecule has 2 heterocycles. The summed E-state index contributed by atoms with van der Waals surface area (Å²) in [4.78, 5) is 21.3. The lowest BCUT2D eigenvalue weighted by Crippen LogP contribution is -2.46. The molecule has 1 N–H and O–H groups in total. The Morgan fingerprint density at radius 2 is 1.97 bits per heavy atom. The van der Waals surface area contributed by atoms with E-state index in [9.17, 15) is 4.79 Å². The van der Waals surface area contributed by atoms with Gasteiger partial charge in [-0.15, -0.1) is 0 Å². The largest absolute Gasteiger partial charge is 0.478 e. The fourth-order valence-electron chi connectivity index (χ4n) is 3.60. The van der Waals surface area contributed by atoms with Gasteiger partial charge in [0.05, 0.1) is 6.61 Å². The number of piperazine rings is 1. The van der Waals surface area contributed by atoms with Crippen molar-refractivity contribution < 1.29 is 9.53 Å². The van der Waals surface area contributed by atoms with Gasteiger partial charge in [-0.1, -0.05) is 12.1 Å². The highest BCUT2D eigenvalue weighted by Crippen LogP contribution is 2.18. The molecular formula is C23H32N4O2. The molecule has 0 radical (unpaired) electrons. The number of rotatable bonds is 9. The maximum Gasteiger partial charge on any atom is 0.251 e. The Morgan fingerprint density at radius 1 is 1.14 bits per heavy atom. The molecule has 1 aliphatic rings. The van der Waals surface area contributed by atoms with Gasteiger partial charge in [0.15, 0.2) is 0 Å². The predicted octanol–water partition coefficient (Wildman–Crippen LogP) is 3.12. The van der Waals surface area contributed by atoms with Crippen LogP contribution in [0.25, 0.3) is 0 Å². The monoisotopic (exact) mass is 396 g/mol. The van der Waals surface area contributed by atoms with Crippen molar-refractivity contribution >= 4 is 11.6 Å². The first-order valence-corrected chi connectivity index (χ1v) is 10.6. The Hall–Kier alpha value is -2.60. The number of benzene rings is 1. The number of nitrogens with zero attached hydrogens (tertiary/aromatic N) is 3. The van der Waals surface area contributed by atoms with Crippen LogP contribution in [0.3, 0.4) is 0 Å². The van der Waals surface area contributed by atoms with E-state index >= 15 is 0 Å². The molecule has 0 atom stereocenters. The number of amides is 1. The first kappa shape index (κ1) is 21.1. The number of unbranched alkanes of at least 4 members (excludes halogenated alkanes) is 1. The minimum Gasteiger partial charge on any atom is -0.478 e. The molecular weight excluding hydrogens is 364 g/mol. The standard InChI is InChI=1S/C23H32N4O2/c1-3-29-22-18-20(9-11-24-22)23(28)25-10-4-5-12-26-13-15-27(16-14-26)21-8-6-7-19(2)17-21/h6-9,11,17-18H,3-5,10,12-16H2,1-2H3,(H,25,28). The van der Waals surface area contributed by atoms with Gasteiger partial charge in [0.1, 0.15) is 0 Å². The van der Waals surface area contributed by atoms with E-state index in [0.29, 0.717) is 24.6 Å². The molecule has 0 unspecified atom stereocenters. The van der Waals surface area contributed by atoms with E-state index in [-0.39, 0.29) is 5.91 Å². The van der Waals surface area contributed by atoms with Crippen LogP contribution in [-0.4, -0.2) is 61.7 Å². The Morgan fingerprint density at radius 3 is 2.72 bits per heavy atom. The van der Waals surface area contributed by atoms with Crippen LogP contribution in [0.2, 0.25) is 0 Å². The van der Waals surface area contributed by atoms with Gasteiger partial charge in [-0.05, 0) is 57.0 Å². The summed E-state index contributed by atoms with van der Waals surface area (Å²) in [6.07, 6.45) is 3.68. The van der Waals surface area contributed by atoms with E-state index in [4.69, 9.17) is 4.74 Å². The number of ether oxygens (including phenoxy) is 1. The summed E-state index contributed by atoms with van der Waals surface area (Å²) < 4.78 is 5.35. The Kier molecular flexibility index (Phi) is 7.87. The van der Waals surface area contributed by atoms with Crippen LogP contribution in [-0.2, 0) is 0 Å². The molecule has 0 bridgehead atoms. The Labute approximate surface area is 173 Å². The molecule has 156 valence electrons. The van der Waals surface area contributed by atoms with Crippen molar-refractivity contribution in [3.8, 4) is 5.88 Å². The second-order valence-electron chi connectivity index (χ2n) is 7.45. The van der Waals surface area contributed by atoms with E-state index < -0.39 is 0 Å². The molecule has 0 aliphatic carbocycles. The summed E-state index contributed by atoms with van der Waals surface area (Å²) in [6.45, 7) is 10.7. The van der Waals surface area contributed by atoms with E-state index in [1.807, 2.05) is 6.92 Å². The number of hydrogen-bond acceptors (Lipinski definition) is 5. The molecule has 0 spiro atoms. The van der Waals surface area contributed by atoms with E-state index in [2.05, 4.69) is 51.3 Å². The molecule has 1 aromatic heterocycles. The summed E-state index contributed by atoms with van der Waals surface area (Å²) in [7, 11) is 0. The molecule has 1 saturated heterocycles. The average Bonchev–Trinajstić information content (AvgIpc) is 2.74. The zero-order valence-electron chi connectivity index (χ0n) is 17.6. The van der Waals surface area contributed by atoms with Gasteiger partial charge in [0, 0.05) is 56.2 Å². The second-order valence-corrected chi connectivity index (χ2v) is 7.45. The van der Waals surface area contributed by atoms with E-state index in [1.165, 1.54) is 11.3 Å². The molecule has 6 heteroatoms. The zero-order valence-corrected chi connectivity index (χ0v) is 17.6. The van der Waals surface area contributed by atoms with Gasteiger partial charge < -0.3 is 15.0 Å². The normalized spacial score (nSPS) is 14.6. The molecule has 2 aromatic rings. The molecule has 1 aliphatic heterocycles. The third-order valence-corrected chi connectivity index (χ3v) is 5.22. The van der Waals surface area contributed by atoms with Crippen molar-refractivity contribution in [1.82, 2.24) is 15.2 Å². The zero-order chi connectivity index (χ0) is 20.5. The molecule has 1 amide bonds. The summed E-state index contributed by atoms with van der Waals surface area (Å²) in [6, 6.07) is 12.1. The van der Waals surface area contributed by atoms with Gasteiger partial charge in [0.25, 0.3) is 5.91 Å². The summed E-state index contributed by atoms with van der Waals surface area (Å²) in [5, 5.41) is 2.99. The fraction of sp³-hybridized carbons (Fsp3) is 0.478. The first-order chi connectivity index (χ1) is 14.2. The third-order valence-electron chi connectivity index (χ3n) is 5.22. The molecule has 0 saturated carbocycles. The van der Waals surface area contributed by atoms with Crippen molar-refractivity contribution in [3.05, 3.63) is 53.7 Å². The first-order valence-electron chi connectivity index (χ1n) is 10.6. The molecule has 6 nitrogen and oxygen atoms in total. The van der Waals surface area contributed by atoms with Gasteiger partial charge >= 0.3 is 0 Å². The molecule has 1 fully saturated rings. The van der Waals surface area contributed by atoms with Crippen LogP contribution in [0.4, 0.5) is 5.69 Å². The average molecular weight is 397 g/mol. The lowest BCUT2D eigenvalue weighted by atomic mass is 10.2. The number of nitrogens with one attached hydrogen (secondary N) is 1. The van der Waals surface area contributed by atoms with Crippen molar-refractivity contribution in [2.75, 3.05) is 50.8 Å². The quantitative estimate of drug-likeness (QED) is 0.660. The van der Waals surface area contributed by atoms with Crippen molar-refractivity contribution in [3.63, 3.8) is 0 Å². The van der Waals surface area contributed by atoms with Gasteiger partial charge in [-0.25, -0.2) is 4.98 Å². The number of carbonyl (C=O) groups is 1. The number of aromatic nitrogens is 1. The number of hydrogen-bond donors (Lipinski definition) is 1. The minimum absolute atomic E-state index is 0.0693. The SMILES string of the molecule is CCOc1cc(C(=O)NCCCCN2CCN(c3cccc(C)c3)CC2)ccn1. The second kappa shape index (κ2) is 10.8. The van der Waals surface area contributed by atoms with Gasteiger partial charge in [-0.2, -0.15) is 0 Å². The Balaban J connectivity index is 1.31. The van der Waals surface area contributed by atoms with Crippen LogP contribution in [0, 0.1) is 6.92 Å². The fourth-order valence-corrected chi connectivity index (χ4v) is 3.60. The number of carbonyl (C=O) groups excluding carboxylic acids is 1. The van der Waals surface area contributed by atoms with Gasteiger partial charge in [-0.3, -0.25) is 9.69 Å². The maximum absolute atomic E-state index is 12.3. The third kappa shape index (κ3) is 6.46. The highest BCUT2D eigenvalue weighted by molar-refractivity contribution is 5.94. The summed E-state index contributed by atoms with van der Waals surface area (Å²) in [5.74, 6) is 0.421. The summed E-state index contributed by atoms with van der Waals surface area (Å²) in [5.41, 5.74) is 3.24. The van der Waals surface area contributed by atoms with Crippen LogP contribution in [0.15, 0.2) is 42.6 Å². The van der Waals surface area contributed by atoms with E-state index in [1.54, 1.807) is 18.3 Å². The maximum atomic E-state index is 12.3. The summed E-state index contributed by atoms with van der Waals surface area (Å²) >= 11 is 0. The van der Waals surface area contributed by atoms with Crippen molar-refractivity contribution in [1.29, 1.82) is 0 Å². The van der Waals surface area contributed by atoms with Gasteiger partial charge in [0.2, 0.25) is 5.88 Å². The smallest absolute Gasteiger partial charge is 0.251 e. The topological polar surface area (TPSA) is 57.7 Å². The Bertz CT molecular complexity index is 788. The molecule has 3 rings (SSSR count). The van der Waals surface area contributed by atoms with Crippen LogP contribution >= 0.6 is 0 Å². The highest BCUT2D eigenvalue weighted by Gasteiger charge is 2.16. The van der Waals surface area contributed by atoms with Crippen LogP contribution < -0.4 is 15.0 Å². The van der Waals surface area contributed by atoms with Crippen molar-refractivity contribution in [2.45, 2.75) is 26.7 Å². The van der Waals surface area contributed by atoms with Crippen molar-refractivity contribution in [2.24, 2.45) is 0 Å². The minimum atomic E-state index is -0.0693. The number of pyridine rings is 1. The van der Waals surface area contributed by atoms with Crippen LogP contribution in [0.5, 0.6) is 5.88 Å². The molecule has 29 heavy (non-hydrogen) atoms. The lowest BCUT2D eigenvalue weighted by molar-refractivity contribution is 0.0952. The van der Waals surface area contributed by atoms with Crippen LogP contribution in [0.1, 0.15) is 35.7 Å². The number of aryl methyl sites for hydroxylation is 1. The molecule has 1 aromatic carbocycles. The highest BCUT2D eigenvalue weighted by atomic mass is 16.5. The van der Waals surface area contributed by atoms with E-state index in [0.717, 1.165) is 45.6 Å².